The van der Waals surface area contributed by atoms with Gasteiger partial charge >= 0.3 is 6.01 Å². The largest absolute Gasteiger partial charge is 0.454 e. The van der Waals surface area contributed by atoms with Crippen LogP contribution in [-0.4, -0.2) is 22.9 Å². The average Bonchev–Trinajstić information content (AvgIpc) is 3.35. The van der Waals surface area contributed by atoms with E-state index in [-0.39, 0.29) is 18.7 Å². The van der Waals surface area contributed by atoms with Crippen LogP contribution >= 0.6 is 11.3 Å². The van der Waals surface area contributed by atoms with Gasteiger partial charge in [-0.05, 0) is 35.2 Å². The molecule has 1 aliphatic heterocycles. The van der Waals surface area contributed by atoms with Crippen molar-refractivity contribution in [1.29, 1.82) is 0 Å². The van der Waals surface area contributed by atoms with E-state index < -0.39 is 0 Å². The number of hydrogen-bond acceptors (Lipinski definition) is 7. The number of carbonyl (C=O) groups is 1. The lowest BCUT2D eigenvalue weighted by atomic mass is 10.1. The highest BCUT2D eigenvalue weighted by Gasteiger charge is 2.15. The summed E-state index contributed by atoms with van der Waals surface area (Å²) in [6.07, 6.45) is 3.59. The van der Waals surface area contributed by atoms with Gasteiger partial charge < -0.3 is 13.9 Å². The van der Waals surface area contributed by atoms with Crippen molar-refractivity contribution in [3.05, 3.63) is 58.1 Å². The molecule has 3 heterocycles. The second kappa shape index (κ2) is 6.78. The molecule has 0 radical (unpaired) electrons. The first kappa shape index (κ1) is 15.4. The molecule has 1 aromatic carbocycles. The molecule has 2 aromatic heterocycles. The number of anilines is 1. The van der Waals surface area contributed by atoms with Gasteiger partial charge in [-0.25, -0.2) is 0 Å². The van der Waals surface area contributed by atoms with Gasteiger partial charge in [0, 0.05) is 11.0 Å². The molecule has 1 aliphatic rings. The highest BCUT2D eigenvalue weighted by atomic mass is 32.1. The second-order valence-electron chi connectivity index (χ2n) is 5.20. The van der Waals surface area contributed by atoms with E-state index in [1.165, 1.54) is 6.08 Å². The molecule has 0 saturated carbocycles. The third-order valence-electron chi connectivity index (χ3n) is 3.43. The fraction of sp³-hybridized carbons (Fsp3) is 0.118. The van der Waals surface area contributed by atoms with Crippen LogP contribution in [0.4, 0.5) is 6.01 Å². The highest BCUT2D eigenvalue weighted by Crippen LogP contribution is 2.33. The van der Waals surface area contributed by atoms with Crippen molar-refractivity contribution in [1.82, 2.24) is 10.2 Å². The maximum Gasteiger partial charge on any atom is 0.322 e. The Morgan fingerprint density at radius 2 is 2.16 bits per heavy atom. The number of nitrogens with one attached hydrogen (secondary N) is 1. The van der Waals surface area contributed by atoms with E-state index in [9.17, 15) is 4.79 Å². The molecular formula is C17H13N3O4S. The highest BCUT2D eigenvalue weighted by molar-refractivity contribution is 7.10. The van der Waals surface area contributed by atoms with Crippen LogP contribution in [-0.2, 0) is 11.2 Å². The molecule has 0 bridgehead atoms. The Bertz CT molecular complexity index is 918. The Hall–Kier alpha value is -3.13. The summed E-state index contributed by atoms with van der Waals surface area (Å²) in [6.45, 7) is 0.231. The third kappa shape index (κ3) is 3.69. The summed E-state index contributed by atoms with van der Waals surface area (Å²) < 4.78 is 16.1. The molecule has 0 atom stereocenters. The van der Waals surface area contributed by atoms with Crippen LogP contribution in [0.25, 0.3) is 6.08 Å². The first-order valence-electron chi connectivity index (χ1n) is 7.50. The van der Waals surface area contributed by atoms with Crippen molar-refractivity contribution >= 4 is 29.3 Å². The molecule has 4 rings (SSSR count). The topological polar surface area (TPSA) is 86.5 Å². The predicted molar refractivity (Wildman–Crippen MR) is 91.7 cm³/mol. The van der Waals surface area contributed by atoms with Gasteiger partial charge in [0.1, 0.15) is 0 Å². The van der Waals surface area contributed by atoms with Crippen molar-refractivity contribution in [2.75, 3.05) is 12.1 Å². The van der Waals surface area contributed by atoms with E-state index in [0.717, 1.165) is 16.2 Å². The number of hydrogen-bond donors (Lipinski definition) is 1. The molecule has 126 valence electrons. The van der Waals surface area contributed by atoms with Gasteiger partial charge in [0.25, 0.3) is 5.91 Å². The SMILES string of the molecule is O=C(C=Cc1cccs1)Nc1nnc(Cc2ccc3c(c2)OCO3)o1. The van der Waals surface area contributed by atoms with Crippen LogP contribution in [0.2, 0.25) is 0 Å². The standard InChI is InChI=1S/C17H13N3O4S/c21-15(6-4-12-2-1-7-25-12)18-17-20-19-16(24-17)9-11-3-5-13-14(8-11)23-10-22-13/h1-8H,9-10H2,(H,18,20,21). The summed E-state index contributed by atoms with van der Waals surface area (Å²) in [5.74, 6) is 1.49. The number of amides is 1. The van der Waals surface area contributed by atoms with Crippen LogP contribution < -0.4 is 14.8 Å². The number of fused-ring (bicyclic) bond motifs is 1. The maximum absolute atomic E-state index is 11.9. The minimum absolute atomic E-state index is 0.0663. The quantitative estimate of drug-likeness (QED) is 0.708. The zero-order chi connectivity index (χ0) is 17.1. The van der Waals surface area contributed by atoms with E-state index in [0.29, 0.717) is 18.1 Å². The molecular weight excluding hydrogens is 342 g/mol. The normalized spacial score (nSPS) is 12.6. The second-order valence-corrected chi connectivity index (χ2v) is 6.18. The van der Waals surface area contributed by atoms with Gasteiger partial charge in [0.2, 0.25) is 12.7 Å². The third-order valence-corrected chi connectivity index (χ3v) is 4.27. The van der Waals surface area contributed by atoms with Gasteiger partial charge in [-0.2, -0.15) is 0 Å². The summed E-state index contributed by atoms with van der Waals surface area (Å²) in [7, 11) is 0. The lowest BCUT2D eigenvalue weighted by Crippen LogP contribution is -2.07. The molecule has 0 fully saturated rings. The van der Waals surface area contributed by atoms with Crippen LogP contribution in [0.15, 0.2) is 46.2 Å². The fourth-order valence-corrected chi connectivity index (χ4v) is 2.91. The number of aromatic nitrogens is 2. The molecule has 0 spiro atoms. The van der Waals surface area contributed by atoms with E-state index in [1.807, 2.05) is 35.7 Å². The van der Waals surface area contributed by atoms with Crippen LogP contribution in [0.3, 0.4) is 0 Å². The van der Waals surface area contributed by atoms with E-state index >= 15 is 0 Å². The van der Waals surface area contributed by atoms with Crippen molar-refractivity contribution in [2.45, 2.75) is 6.42 Å². The minimum Gasteiger partial charge on any atom is -0.454 e. The van der Waals surface area contributed by atoms with Gasteiger partial charge in [-0.15, -0.1) is 16.4 Å². The minimum atomic E-state index is -0.327. The number of nitrogens with zero attached hydrogens (tertiary/aromatic N) is 2. The number of carbonyl (C=O) groups excluding carboxylic acids is 1. The fourth-order valence-electron chi connectivity index (χ4n) is 2.29. The van der Waals surface area contributed by atoms with Gasteiger partial charge in [-0.1, -0.05) is 17.2 Å². The molecule has 1 N–H and O–H groups in total. The molecule has 0 aliphatic carbocycles. The first-order valence-corrected chi connectivity index (χ1v) is 8.38. The Kier molecular flexibility index (Phi) is 4.17. The molecule has 8 heteroatoms. The van der Waals surface area contributed by atoms with Crippen LogP contribution in [0, 0.1) is 0 Å². The summed E-state index contributed by atoms with van der Waals surface area (Å²) in [4.78, 5) is 12.8. The predicted octanol–water partition coefficient (Wildman–Crippen LogP) is 3.10. The molecule has 0 saturated heterocycles. The van der Waals surface area contributed by atoms with Crippen molar-refractivity contribution in [3.63, 3.8) is 0 Å². The zero-order valence-corrected chi connectivity index (χ0v) is 13.8. The Labute approximate surface area is 146 Å². The van der Waals surface area contributed by atoms with E-state index in [1.54, 1.807) is 17.4 Å². The molecule has 3 aromatic rings. The van der Waals surface area contributed by atoms with E-state index in [4.69, 9.17) is 13.9 Å². The smallest absolute Gasteiger partial charge is 0.322 e. The summed E-state index contributed by atoms with van der Waals surface area (Å²) >= 11 is 1.55. The number of benzene rings is 1. The lowest BCUT2D eigenvalue weighted by Gasteiger charge is -1.99. The Morgan fingerprint density at radius 3 is 3.04 bits per heavy atom. The Morgan fingerprint density at radius 1 is 1.24 bits per heavy atom. The molecule has 7 nitrogen and oxygen atoms in total. The van der Waals surface area contributed by atoms with E-state index in [2.05, 4.69) is 15.5 Å². The maximum atomic E-state index is 11.9. The van der Waals surface area contributed by atoms with Gasteiger partial charge in [-0.3, -0.25) is 10.1 Å². The van der Waals surface area contributed by atoms with Crippen molar-refractivity contribution in [3.8, 4) is 11.5 Å². The van der Waals surface area contributed by atoms with Gasteiger partial charge in [0.05, 0.1) is 6.42 Å². The summed E-state index contributed by atoms with van der Waals surface area (Å²) in [6, 6.07) is 9.52. The Balaban J connectivity index is 1.38. The summed E-state index contributed by atoms with van der Waals surface area (Å²) in [5.41, 5.74) is 0.948. The molecule has 1 amide bonds. The first-order chi connectivity index (χ1) is 12.3. The average molecular weight is 355 g/mol. The monoisotopic (exact) mass is 355 g/mol. The molecule has 0 unspecified atom stereocenters. The number of rotatable bonds is 5. The zero-order valence-electron chi connectivity index (χ0n) is 13.0. The van der Waals surface area contributed by atoms with Crippen molar-refractivity contribution < 1.29 is 18.7 Å². The van der Waals surface area contributed by atoms with Crippen LogP contribution in [0.1, 0.15) is 16.3 Å². The molecule has 25 heavy (non-hydrogen) atoms. The van der Waals surface area contributed by atoms with Gasteiger partial charge in [0.15, 0.2) is 11.5 Å². The number of thiophene rings is 1. The lowest BCUT2D eigenvalue weighted by molar-refractivity contribution is -0.112. The summed E-state index contributed by atoms with van der Waals surface area (Å²) in [5, 5.41) is 12.3. The van der Waals surface area contributed by atoms with Crippen molar-refractivity contribution in [2.24, 2.45) is 0 Å². The van der Waals surface area contributed by atoms with Crippen LogP contribution in [0.5, 0.6) is 11.5 Å². The number of ether oxygens (including phenoxy) is 2.